The Hall–Kier alpha value is -1.06. The lowest BCUT2D eigenvalue weighted by Crippen LogP contribution is -2.34. The van der Waals surface area contributed by atoms with Gasteiger partial charge in [-0.2, -0.15) is 0 Å². The molecule has 2 rings (SSSR count). The molecule has 0 spiro atoms. The molecule has 0 aromatic carbocycles. The first-order valence-electron chi connectivity index (χ1n) is 6.05. The van der Waals surface area contributed by atoms with Crippen LogP contribution in [0.2, 0.25) is 0 Å². The molecule has 0 aromatic heterocycles. The largest absolute Gasteiger partial charge is 0.469 e. The van der Waals surface area contributed by atoms with Crippen molar-refractivity contribution in [2.75, 3.05) is 13.7 Å². The van der Waals surface area contributed by atoms with E-state index in [4.69, 9.17) is 0 Å². The second kappa shape index (κ2) is 4.85. The summed E-state index contributed by atoms with van der Waals surface area (Å²) in [5.41, 5.74) is 0. The Morgan fingerprint density at radius 1 is 1.31 bits per heavy atom. The van der Waals surface area contributed by atoms with Gasteiger partial charge in [0.2, 0.25) is 5.91 Å². The number of esters is 1. The van der Waals surface area contributed by atoms with Crippen LogP contribution in [0.3, 0.4) is 0 Å². The molecule has 2 fully saturated rings. The molecule has 0 aliphatic heterocycles. The van der Waals surface area contributed by atoms with Crippen molar-refractivity contribution in [3.05, 3.63) is 0 Å². The van der Waals surface area contributed by atoms with E-state index < -0.39 is 0 Å². The summed E-state index contributed by atoms with van der Waals surface area (Å²) in [4.78, 5) is 22.7. The van der Waals surface area contributed by atoms with E-state index in [1.165, 1.54) is 26.4 Å². The van der Waals surface area contributed by atoms with Gasteiger partial charge in [-0.1, -0.05) is 6.42 Å². The van der Waals surface area contributed by atoms with Gasteiger partial charge in [0.1, 0.15) is 0 Å². The number of amides is 1. The Morgan fingerprint density at radius 3 is 2.69 bits per heavy atom. The second-order valence-electron chi connectivity index (χ2n) is 4.90. The van der Waals surface area contributed by atoms with Crippen LogP contribution in [0.25, 0.3) is 0 Å². The molecule has 2 aliphatic carbocycles. The average molecular weight is 225 g/mol. The maximum Gasteiger partial charge on any atom is 0.307 e. The van der Waals surface area contributed by atoms with Gasteiger partial charge < -0.3 is 10.1 Å². The highest BCUT2D eigenvalue weighted by Crippen LogP contribution is 2.48. The summed E-state index contributed by atoms with van der Waals surface area (Å²) in [5.74, 6) is 1.45. The molecule has 2 saturated carbocycles. The van der Waals surface area contributed by atoms with Gasteiger partial charge in [-0.25, -0.2) is 0 Å². The standard InChI is InChI=1S/C12H19NO3/c1-16-11(14)4-5-13-12(15)10-7-8-2-3-9(10)6-8/h8-10H,2-7H2,1H3,(H,13,15). The molecule has 0 aromatic rings. The van der Waals surface area contributed by atoms with E-state index in [2.05, 4.69) is 10.1 Å². The lowest BCUT2D eigenvalue weighted by Gasteiger charge is -2.20. The van der Waals surface area contributed by atoms with Gasteiger partial charge in [-0.3, -0.25) is 9.59 Å². The molecule has 4 heteroatoms. The van der Waals surface area contributed by atoms with E-state index in [-0.39, 0.29) is 24.2 Å². The van der Waals surface area contributed by atoms with E-state index in [9.17, 15) is 9.59 Å². The maximum atomic E-state index is 11.8. The Labute approximate surface area is 95.7 Å². The monoisotopic (exact) mass is 225 g/mol. The van der Waals surface area contributed by atoms with Gasteiger partial charge >= 0.3 is 5.97 Å². The van der Waals surface area contributed by atoms with Crippen LogP contribution in [-0.2, 0) is 14.3 Å². The normalized spacial score (nSPS) is 31.4. The fourth-order valence-corrected chi connectivity index (χ4v) is 3.09. The van der Waals surface area contributed by atoms with Crippen molar-refractivity contribution in [2.24, 2.45) is 17.8 Å². The average Bonchev–Trinajstić information content (AvgIpc) is 2.90. The quantitative estimate of drug-likeness (QED) is 0.729. The lowest BCUT2D eigenvalue weighted by molar-refractivity contribution is -0.140. The highest BCUT2D eigenvalue weighted by molar-refractivity contribution is 5.80. The molecular formula is C12H19NO3. The summed E-state index contributed by atoms with van der Waals surface area (Å²) in [6.45, 7) is 0.402. The van der Waals surface area contributed by atoms with Crippen LogP contribution in [-0.4, -0.2) is 25.5 Å². The fourth-order valence-electron chi connectivity index (χ4n) is 3.09. The van der Waals surface area contributed by atoms with Crippen LogP contribution in [0.1, 0.15) is 32.1 Å². The number of fused-ring (bicyclic) bond motifs is 2. The molecule has 3 atom stereocenters. The van der Waals surface area contributed by atoms with Crippen molar-refractivity contribution in [3.63, 3.8) is 0 Å². The molecule has 0 radical (unpaired) electrons. The van der Waals surface area contributed by atoms with Gasteiger partial charge in [-0.15, -0.1) is 0 Å². The number of carbonyl (C=O) groups is 2. The van der Waals surface area contributed by atoms with Crippen LogP contribution in [0.15, 0.2) is 0 Å². The van der Waals surface area contributed by atoms with Crippen molar-refractivity contribution in [1.82, 2.24) is 5.32 Å². The van der Waals surface area contributed by atoms with Gasteiger partial charge in [0.25, 0.3) is 0 Å². The number of ether oxygens (including phenoxy) is 1. The van der Waals surface area contributed by atoms with Crippen molar-refractivity contribution < 1.29 is 14.3 Å². The van der Waals surface area contributed by atoms with Crippen molar-refractivity contribution in [3.8, 4) is 0 Å². The zero-order chi connectivity index (χ0) is 11.5. The lowest BCUT2D eigenvalue weighted by atomic mass is 9.88. The Bertz CT molecular complexity index is 290. The molecule has 16 heavy (non-hydrogen) atoms. The predicted molar refractivity (Wildman–Crippen MR) is 58.6 cm³/mol. The minimum absolute atomic E-state index is 0.135. The van der Waals surface area contributed by atoms with Crippen LogP contribution in [0, 0.1) is 17.8 Å². The van der Waals surface area contributed by atoms with E-state index in [0.29, 0.717) is 12.5 Å². The van der Waals surface area contributed by atoms with Crippen molar-refractivity contribution in [1.29, 1.82) is 0 Å². The molecule has 4 nitrogen and oxygen atoms in total. The highest BCUT2D eigenvalue weighted by atomic mass is 16.5. The first-order valence-corrected chi connectivity index (χ1v) is 6.05. The van der Waals surface area contributed by atoms with E-state index in [1.807, 2.05) is 0 Å². The zero-order valence-corrected chi connectivity index (χ0v) is 9.70. The van der Waals surface area contributed by atoms with Crippen LogP contribution >= 0.6 is 0 Å². The molecule has 1 amide bonds. The Balaban J connectivity index is 1.70. The van der Waals surface area contributed by atoms with Gasteiger partial charge in [0, 0.05) is 12.5 Å². The molecular weight excluding hydrogens is 206 g/mol. The third kappa shape index (κ3) is 2.36. The molecule has 3 unspecified atom stereocenters. The fraction of sp³-hybridized carbons (Fsp3) is 0.833. The summed E-state index contributed by atoms with van der Waals surface area (Å²) >= 11 is 0. The number of carbonyl (C=O) groups excluding carboxylic acids is 2. The number of nitrogens with one attached hydrogen (secondary N) is 1. The van der Waals surface area contributed by atoms with E-state index in [1.54, 1.807) is 0 Å². The van der Waals surface area contributed by atoms with Gasteiger partial charge in [-0.05, 0) is 31.1 Å². The minimum Gasteiger partial charge on any atom is -0.469 e. The number of methoxy groups -OCH3 is 1. The van der Waals surface area contributed by atoms with Crippen molar-refractivity contribution in [2.45, 2.75) is 32.1 Å². The first kappa shape index (κ1) is 11.4. The molecule has 2 aliphatic rings. The van der Waals surface area contributed by atoms with Crippen LogP contribution in [0.4, 0.5) is 0 Å². The zero-order valence-electron chi connectivity index (χ0n) is 9.70. The Kier molecular flexibility index (Phi) is 3.46. The smallest absolute Gasteiger partial charge is 0.307 e. The predicted octanol–water partition coefficient (Wildman–Crippen LogP) is 1.10. The SMILES string of the molecule is COC(=O)CCNC(=O)C1CC2CCC1C2. The topological polar surface area (TPSA) is 55.4 Å². The minimum atomic E-state index is -0.270. The second-order valence-corrected chi connectivity index (χ2v) is 4.90. The molecule has 1 N–H and O–H groups in total. The highest BCUT2D eigenvalue weighted by Gasteiger charge is 2.42. The first-order chi connectivity index (χ1) is 7.70. The van der Waals surface area contributed by atoms with Crippen molar-refractivity contribution >= 4 is 11.9 Å². The summed E-state index contributed by atoms with van der Waals surface area (Å²) in [5, 5.41) is 2.83. The molecule has 2 bridgehead atoms. The summed E-state index contributed by atoms with van der Waals surface area (Å²) in [6.07, 6.45) is 5.06. The number of hydrogen-bond donors (Lipinski definition) is 1. The van der Waals surface area contributed by atoms with E-state index in [0.717, 1.165) is 12.3 Å². The van der Waals surface area contributed by atoms with Gasteiger partial charge in [0.05, 0.1) is 13.5 Å². The van der Waals surface area contributed by atoms with Crippen LogP contribution in [0.5, 0.6) is 0 Å². The number of rotatable bonds is 4. The molecule has 90 valence electrons. The molecule has 0 heterocycles. The third-order valence-corrected chi connectivity index (χ3v) is 3.93. The van der Waals surface area contributed by atoms with Gasteiger partial charge in [0.15, 0.2) is 0 Å². The Morgan fingerprint density at radius 2 is 2.12 bits per heavy atom. The van der Waals surface area contributed by atoms with E-state index >= 15 is 0 Å². The summed E-state index contributed by atoms with van der Waals surface area (Å²) in [6, 6.07) is 0. The number of hydrogen-bond acceptors (Lipinski definition) is 3. The maximum absolute atomic E-state index is 11.8. The summed E-state index contributed by atoms with van der Waals surface area (Å²) < 4.78 is 4.52. The van der Waals surface area contributed by atoms with Crippen LogP contribution < -0.4 is 5.32 Å². The molecule has 0 saturated heterocycles. The third-order valence-electron chi connectivity index (χ3n) is 3.93. The summed E-state index contributed by atoms with van der Waals surface area (Å²) in [7, 11) is 1.36.